The summed E-state index contributed by atoms with van der Waals surface area (Å²) in [6, 6.07) is 0. The van der Waals surface area contributed by atoms with Crippen molar-refractivity contribution in [2.75, 3.05) is 26.9 Å². The number of ketones is 1. The van der Waals surface area contributed by atoms with Crippen LogP contribution in [0.1, 0.15) is 107 Å². The summed E-state index contributed by atoms with van der Waals surface area (Å²) in [7, 11) is -4.04. The van der Waals surface area contributed by atoms with Crippen LogP contribution in [0, 0.1) is 33.5 Å². The molecular formula is C54H86O28S. The number of aliphatic hydroxyl groups excluding tert-OH is 10. The van der Waals surface area contributed by atoms with Crippen LogP contribution in [-0.4, -0.2) is 259 Å². The summed E-state index contributed by atoms with van der Waals surface area (Å²) in [6.07, 6.45) is -31.3. The third-order valence-electron chi connectivity index (χ3n) is 20.7. The van der Waals surface area contributed by atoms with E-state index in [-0.39, 0.29) is 31.1 Å². The van der Waals surface area contributed by atoms with Crippen LogP contribution in [0.2, 0.25) is 0 Å². The number of cyclic esters (lactones) is 1. The van der Waals surface area contributed by atoms with Gasteiger partial charge in [-0.15, -0.1) is 0 Å². The predicted octanol–water partition coefficient (Wildman–Crippen LogP) is -3.10. The van der Waals surface area contributed by atoms with E-state index in [1.807, 2.05) is 20.8 Å². The van der Waals surface area contributed by atoms with Gasteiger partial charge in [0.2, 0.25) is 0 Å². The van der Waals surface area contributed by atoms with Crippen LogP contribution in [0.25, 0.3) is 0 Å². The first kappa shape index (κ1) is 65.4. The minimum Gasteiger partial charge on any atom is -0.448 e. The maximum absolute atomic E-state index is 14.5. The molecule has 28 nitrogen and oxygen atoms in total. The number of esters is 1. The first-order valence-electron chi connectivity index (χ1n) is 28.5. The molecule has 9 aliphatic rings. The van der Waals surface area contributed by atoms with Crippen molar-refractivity contribution >= 4 is 22.2 Å². The molecule has 476 valence electrons. The lowest BCUT2D eigenvalue weighted by Gasteiger charge is -2.64. The van der Waals surface area contributed by atoms with Gasteiger partial charge >= 0.3 is 16.4 Å². The molecule has 0 aromatic heterocycles. The highest BCUT2D eigenvalue weighted by Gasteiger charge is 2.87. The smallest absolute Gasteiger partial charge is 0.397 e. The number of aliphatic hydroxyl groups is 12. The van der Waals surface area contributed by atoms with Crippen LogP contribution in [0.5, 0.6) is 0 Å². The maximum atomic E-state index is 14.5. The summed E-state index contributed by atoms with van der Waals surface area (Å²) in [5, 5.41) is 135. The third kappa shape index (κ3) is 10.6. The quantitative estimate of drug-likeness (QED) is 0.0297. The van der Waals surface area contributed by atoms with Gasteiger partial charge in [0.05, 0.1) is 43.7 Å². The van der Waals surface area contributed by atoms with E-state index in [2.05, 4.69) is 6.92 Å². The second-order valence-electron chi connectivity index (χ2n) is 26.3. The highest BCUT2D eigenvalue weighted by molar-refractivity contribution is 7.80. The van der Waals surface area contributed by atoms with Crippen molar-refractivity contribution in [1.82, 2.24) is 0 Å². The largest absolute Gasteiger partial charge is 0.448 e. The Morgan fingerprint density at radius 2 is 1.30 bits per heavy atom. The Balaban J connectivity index is 0.916. The number of carbonyl (C=O) groups excluding carboxylic acids is 2. The van der Waals surface area contributed by atoms with Crippen molar-refractivity contribution in [2.45, 2.75) is 252 Å². The van der Waals surface area contributed by atoms with E-state index in [4.69, 9.17) is 51.6 Å². The molecule has 5 saturated heterocycles. The molecule has 29 heteroatoms. The number of methoxy groups -OCH3 is 1. The second kappa shape index (κ2) is 23.1. The van der Waals surface area contributed by atoms with Crippen molar-refractivity contribution in [1.29, 1.82) is 0 Å². The molecule has 0 bridgehead atoms. The highest BCUT2D eigenvalue weighted by Crippen LogP contribution is 2.77. The molecule has 13 N–H and O–H groups in total. The zero-order valence-electron chi connectivity index (χ0n) is 48.0. The molecular weight excluding hydrogens is 1130 g/mol. The molecule has 5 heterocycles. The highest BCUT2D eigenvalue weighted by atomic mass is 32.3. The molecule has 1 unspecified atom stereocenters. The summed E-state index contributed by atoms with van der Waals surface area (Å²) < 4.78 is 97.5. The van der Waals surface area contributed by atoms with Gasteiger partial charge in [0.25, 0.3) is 0 Å². The van der Waals surface area contributed by atoms with Crippen LogP contribution in [0.15, 0.2) is 11.6 Å². The zero-order valence-corrected chi connectivity index (χ0v) is 48.8. The molecule has 28 atom stereocenters. The molecule has 0 aromatic carbocycles. The monoisotopic (exact) mass is 1210 g/mol. The number of allylic oxidation sites excluding steroid dienone is 1. The Morgan fingerprint density at radius 3 is 1.89 bits per heavy atom. The summed E-state index contributed by atoms with van der Waals surface area (Å²) >= 11 is 0. The lowest BCUT2D eigenvalue weighted by Crippen LogP contribution is -2.69. The standard InChI is InChI=1S/C54H86O28S/c1-22-39(78-45-38(65)41(33(60)26(20-56)76-45)79-44-37(64)40(72-9)32(59)25(19-55)75-44)35(62)36(63)43(74-22)80-42-34(61)27(82-83(69,70)71)21-73-46(42)77-31-13-15-50(6)24-18-30(58)54-47(66)81-52(8,29(57)12-14-48(2,3)67)53(54,68)17-16-51(54,7)23(24)10-11-28(50)49(31,4)5/h18,22-23,25-28,30-46,55-56,58-65,67-68H,10-17,19-21H2,1-9H3,(H,69,70,71)/t22-,23-,25-,26-,27-,28+,30+,31+,32-,33-,34+,35-,36-,37-,38-,39-,40+,41+,42-,43+,44+,45+,46+,50-,51+,52+,53+,54?/m1/s1. The lowest BCUT2D eigenvalue weighted by atomic mass is 9.40. The Bertz CT molecular complexity index is 2510. The predicted molar refractivity (Wildman–Crippen MR) is 276 cm³/mol. The van der Waals surface area contributed by atoms with Crippen LogP contribution in [-0.2, 0) is 71.5 Å². The number of carbonyl (C=O) groups is 2. The van der Waals surface area contributed by atoms with Crippen molar-refractivity contribution in [3.05, 3.63) is 11.6 Å². The van der Waals surface area contributed by atoms with Gasteiger partial charge in [0, 0.05) is 13.5 Å². The van der Waals surface area contributed by atoms with Crippen LogP contribution >= 0.6 is 0 Å². The van der Waals surface area contributed by atoms with E-state index in [0.717, 1.165) is 5.57 Å². The molecule has 83 heavy (non-hydrogen) atoms. The SMILES string of the molecule is CO[C@@H]1[C@@H](O)[C@H](O[C@@H]2[C@@H](O)[C@H](O[C@H]3[C@H](O)[C@@H](O)[C@H](O[C@H]4[C@H](O[C@H]5CC[C@]6(C)C7=C[C@H](O)C89C(=O)O[C@@](C)(C(=O)CCC(C)(C)O)[C@@]8(O)CC[C@@]9(C)[C@@H]7CC[C@H]6C5(C)C)OC[C@@H](OS(=O)(=O)O)[C@@H]4O)O[C@@H]3C)O[C@H](CO)[C@H]2O)O[C@H](CO)[C@H]1O. The maximum Gasteiger partial charge on any atom is 0.397 e. The second-order valence-corrected chi connectivity index (χ2v) is 27.3. The van der Waals surface area contributed by atoms with E-state index in [9.17, 15) is 83.8 Å². The summed E-state index contributed by atoms with van der Waals surface area (Å²) in [4.78, 5) is 28.5. The van der Waals surface area contributed by atoms with Crippen molar-refractivity contribution < 1.29 is 135 Å². The molecule has 3 saturated carbocycles. The van der Waals surface area contributed by atoms with Crippen molar-refractivity contribution in [2.24, 2.45) is 33.5 Å². The molecule has 0 aromatic rings. The summed E-state index contributed by atoms with van der Waals surface area (Å²) in [6.45, 7) is 11.5. The Kier molecular flexibility index (Phi) is 18.2. The van der Waals surface area contributed by atoms with Crippen LogP contribution < -0.4 is 0 Å². The number of hydrogen-bond donors (Lipinski definition) is 13. The summed E-state index contributed by atoms with van der Waals surface area (Å²) in [5.41, 5.74) is -8.77. The van der Waals surface area contributed by atoms with Gasteiger partial charge in [-0.05, 0) is 101 Å². The van der Waals surface area contributed by atoms with Gasteiger partial charge in [0.1, 0.15) is 96.5 Å². The van der Waals surface area contributed by atoms with Crippen LogP contribution in [0.3, 0.4) is 0 Å². The van der Waals surface area contributed by atoms with Crippen molar-refractivity contribution in [3.8, 4) is 0 Å². The summed E-state index contributed by atoms with van der Waals surface area (Å²) in [5.74, 6) is -1.95. The molecule has 4 aliphatic carbocycles. The fourth-order valence-electron chi connectivity index (χ4n) is 16.2. The van der Waals surface area contributed by atoms with E-state index in [1.54, 1.807) is 19.9 Å². The third-order valence-corrected chi connectivity index (χ3v) is 21.2. The zero-order chi connectivity index (χ0) is 61.3. The number of rotatable bonds is 17. The molecule has 9 rings (SSSR count). The van der Waals surface area contributed by atoms with Gasteiger partial charge in [-0.1, -0.05) is 39.3 Å². The first-order valence-corrected chi connectivity index (χ1v) is 29.9. The van der Waals surface area contributed by atoms with Gasteiger partial charge in [-0.25, -0.2) is 4.18 Å². The Labute approximate surface area is 480 Å². The normalized spacial score (nSPS) is 50.8. The van der Waals surface area contributed by atoms with Gasteiger partial charge in [-0.3, -0.25) is 14.1 Å². The average molecular weight is 1220 g/mol. The van der Waals surface area contributed by atoms with Crippen LogP contribution in [0.4, 0.5) is 0 Å². The average Bonchev–Trinajstić information content (AvgIpc) is 1.51. The van der Waals surface area contributed by atoms with E-state index in [1.165, 1.54) is 21.0 Å². The number of hydrogen-bond acceptors (Lipinski definition) is 27. The number of Topliss-reactive ketones (excluding diaryl/α,β-unsaturated/α-hetero) is 1. The number of fused-ring (bicyclic) bond motifs is 4. The van der Waals surface area contributed by atoms with E-state index >= 15 is 0 Å². The Morgan fingerprint density at radius 1 is 0.723 bits per heavy atom. The Hall–Kier alpha value is -2.09. The number of ether oxygens (including phenoxy) is 10. The van der Waals surface area contributed by atoms with E-state index < -0.39 is 209 Å². The van der Waals surface area contributed by atoms with Gasteiger partial charge in [-0.2, -0.15) is 8.42 Å². The molecule has 8 fully saturated rings. The van der Waals surface area contributed by atoms with Crippen molar-refractivity contribution in [3.63, 3.8) is 0 Å². The fourth-order valence-corrected chi connectivity index (χ4v) is 16.7. The molecule has 0 amide bonds. The fraction of sp³-hybridized carbons (Fsp3) is 0.926. The lowest BCUT2D eigenvalue weighted by molar-refractivity contribution is -0.389. The molecule has 1 spiro atoms. The van der Waals surface area contributed by atoms with E-state index in [0.29, 0.717) is 32.1 Å². The molecule has 0 radical (unpaired) electrons. The minimum absolute atomic E-state index is 0.00608. The first-order chi connectivity index (χ1) is 38.5. The topological polar surface area (TPSA) is 433 Å². The van der Waals surface area contributed by atoms with Gasteiger partial charge in [0.15, 0.2) is 36.5 Å². The molecule has 5 aliphatic heterocycles. The van der Waals surface area contributed by atoms with Gasteiger partial charge < -0.3 is 109 Å². The minimum atomic E-state index is -5.21.